The van der Waals surface area contributed by atoms with Crippen molar-refractivity contribution in [1.29, 1.82) is 0 Å². The summed E-state index contributed by atoms with van der Waals surface area (Å²) in [7, 11) is 0. The van der Waals surface area contributed by atoms with Crippen molar-refractivity contribution in [2.75, 3.05) is 0 Å². The highest BCUT2D eigenvalue weighted by molar-refractivity contribution is 5.86. The zero-order valence-corrected chi connectivity index (χ0v) is 14.0. The number of rotatable bonds is 4. The molecule has 1 aromatic rings. The Hall–Kier alpha value is -2.44. The Morgan fingerprint density at radius 2 is 1.76 bits per heavy atom. The van der Waals surface area contributed by atoms with Gasteiger partial charge in [-0.15, -0.1) is 0 Å². The van der Waals surface area contributed by atoms with Crippen LogP contribution in [0.25, 0.3) is 0 Å². The maximum atomic E-state index is 12.3. The first kappa shape index (κ1) is 16.1. The van der Waals surface area contributed by atoms with Crippen molar-refractivity contribution in [2.24, 2.45) is 22.9 Å². The minimum absolute atomic E-state index is 0.0328. The van der Waals surface area contributed by atoms with Gasteiger partial charge in [0.25, 0.3) is 5.69 Å². The fourth-order valence-electron chi connectivity index (χ4n) is 5.46. The molecule has 0 aliphatic heterocycles. The van der Waals surface area contributed by atoms with E-state index in [9.17, 15) is 14.9 Å². The van der Waals surface area contributed by atoms with Gasteiger partial charge >= 0.3 is 6.03 Å². The van der Waals surface area contributed by atoms with Crippen LogP contribution in [0.2, 0.25) is 0 Å². The average Bonchev–Trinajstić information content (AvgIpc) is 2.53. The van der Waals surface area contributed by atoms with Crippen LogP contribution in [0, 0.1) is 27.9 Å². The second kappa shape index (κ2) is 6.13. The summed E-state index contributed by atoms with van der Waals surface area (Å²) in [6.45, 7) is 0. The van der Waals surface area contributed by atoms with E-state index in [4.69, 9.17) is 0 Å². The summed E-state index contributed by atoms with van der Waals surface area (Å²) in [4.78, 5) is 22.8. The second-order valence-electron chi connectivity index (χ2n) is 7.84. The summed E-state index contributed by atoms with van der Waals surface area (Å²) in [6, 6.07) is 5.99. The van der Waals surface area contributed by atoms with Crippen LogP contribution >= 0.6 is 0 Å². The highest BCUT2D eigenvalue weighted by atomic mass is 16.6. The van der Waals surface area contributed by atoms with Crippen molar-refractivity contribution in [3.63, 3.8) is 0 Å². The van der Waals surface area contributed by atoms with Crippen molar-refractivity contribution in [3.05, 3.63) is 39.9 Å². The molecule has 0 heterocycles. The van der Waals surface area contributed by atoms with Crippen LogP contribution in [0.5, 0.6) is 0 Å². The Morgan fingerprint density at radius 3 is 2.36 bits per heavy atom. The predicted molar refractivity (Wildman–Crippen MR) is 93.3 cm³/mol. The number of benzene rings is 1. The Bertz CT molecular complexity index is 696. The molecule has 0 spiro atoms. The van der Waals surface area contributed by atoms with Crippen molar-refractivity contribution in [3.8, 4) is 0 Å². The van der Waals surface area contributed by atoms with Gasteiger partial charge in [-0.2, -0.15) is 5.10 Å². The molecule has 1 aromatic carbocycles. The molecule has 4 saturated carbocycles. The van der Waals surface area contributed by atoms with Crippen LogP contribution in [-0.4, -0.2) is 22.7 Å². The van der Waals surface area contributed by atoms with Gasteiger partial charge in [0.2, 0.25) is 0 Å². The first-order valence-corrected chi connectivity index (χ1v) is 8.88. The van der Waals surface area contributed by atoms with E-state index in [1.807, 2.05) is 0 Å². The van der Waals surface area contributed by atoms with E-state index in [0.29, 0.717) is 5.56 Å². The molecule has 0 saturated heterocycles. The highest BCUT2D eigenvalue weighted by Crippen LogP contribution is 2.55. The molecule has 2 N–H and O–H groups in total. The normalized spacial score (nSPS) is 32.7. The van der Waals surface area contributed by atoms with Crippen LogP contribution in [-0.2, 0) is 0 Å². The predicted octanol–water partition coefficient (Wildman–Crippen LogP) is 3.20. The molecule has 132 valence electrons. The number of nitrogens with zero attached hydrogens (tertiary/aromatic N) is 2. The Labute approximate surface area is 146 Å². The third kappa shape index (κ3) is 3.23. The molecule has 25 heavy (non-hydrogen) atoms. The number of hydrogen-bond donors (Lipinski definition) is 2. The Kier molecular flexibility index (Phi) is 3.94. The lowest BCUT2D eigenvalue weighted by molar-refractivity contribution is -0.385. The summed E-state index contributed by atoms with van der Waals surface area (Å²) in [6.07, 6.45) is 8.48. The summed E-state index contributed by atoms with van der Waals surface area (Å²) in [5.74, 6) is 2.26. The molecule has 4 aliphatic rings. The van der Waals surface area contributed by atoms with E-state index in [2.05, 4.69) is 15.8 Å². The molecule has 4 fully saturated rings. The molecule has 7 heteroatoms. The van der Waals surface area contributed by atoms with Crippen LogP contribution in [0.4, 0.5) is 10.5 Å². The zero-order valence-electron chi connectivity index (χ0n) is 14.0. The molecule has 7 nitrogen and oxygen atoms in total. The number of hydrazone groups is 1. The van der Waals surface area contributed by atoms with Gasteiger partial charge in [-0.3, -0.25) is 10.1 Å². The standard InChI is InChI=1S/C18H22N4O3/c23-17(21-19-11-15-3-1-2-4-16(15)22(24)25)20-18-8-12-5-13(9-18)7-14(6-12)10-18/h1-4,11-14H,5-10H2,(H2,20,21,23)/b19-11+. The topological polar surface area (TPSA) is 96.6 Å². The van der Waals surface area contributed by atoms with Crippen LogP contribution in [0.1, 0.15) is 44.1 Å². The van der Waals surface area contributed by atoms with E-state index in [0.717, 1.165) is 37.0 Å². The number of urea groups is 1. The van der Waals surface area contributed by atoms with Crippen molar-refractivity contribution >= 4 is 17.9 Å². The van der Waals surface area contributed by atoms with E-state index in [-0.39, 0.29) is 17.3 Å². The molecule has 4 bridgehead atoms. The van der Waals surface area contributed by atoms with E-state index < -0.39 is 4.92 Å². The number of nitrogens with one attached hydrogen (secondary N) is 2. The number of para-hydroxylation sites is 1. The molecule has 5 rings (SSSR count). The molecule has 0 aromatic heterocycles. The quantitative estimate of drug-likeness (QED) is 0.499. The monoisotopic (exact) mass is 342 g/mol. The minimum Gasteiger partial charge on any atom is -0.331 e. The van der Waals surface area contributed by atoms with Gasteiger partial charge in [0.05, 0.1) is 16.7 Å². The van der Waals surface area contributed by atoms with Crippen molar-refractivity contribution < 1.29 is 9.72 Å². The average molecular weight is 342 g/mol. The van der Waals surface area contributed by atoms with Crippen LogP contribution in [0.15, 0.2) is 29.4 Å². The maximum Gasteiger partial charge on any atom is 0.335 e. The third-order valence-corrected chi connectivity index (χ3v) is 5.92. The minimum atomic E-state index is -0.461. The number of carbonyl (C=O) groups excluding carboxylic acids is 1. The largest absolute Gasteiger partial charge is 0.335 e. The summed E-state index contributed by atoms with van der Waals surface area (Å²) in [5, 5.41) is 18.0. The zero-order chi connectivity index (χ0) is 17.4. The van der Waals surface area contributed by atoms with Gasteiger partial charge in [-0.05, 0) is 62.3 Å². The first-order valence-electron chi connectivity index (χ1n) is 8.88. The van der Waals surface area contributed by atoms with Crippen LogP contribution in [0.3, 0.4) is 0 Å². The molecule has 0 radical (unpaired) electrons. The summed E-state index contributed by atoms with van der Waals surface area (Å²) in [5.41, 5.74) is 2.72. The first-order chi connectivity index (χ1) is 12.0. The van der Waals surface area contributed by atoms with Gasteiger partial charge in [0.1, 0.15) is 0 Å². The summed E-state index contributed by atoms with van der Waals surface area (Å²) >= 11 is 0. The van der Waals surface area contributed by atoms with Crippen molar-refractivity contribution in [1.82, 2.24) is 10.7 Å². The fourth-order valence-corrected chi connectivity index (χ4v) is 5.46. The van der Waals surface area contributed by atoms with E-state index in [1.165, 1.54) is 31.5 Å². The molecule has 2 amide bonds. The number of amides is 2. The molecular weight excluding hydrogens is 320 g/mol. The smallest absolute Gasteiger partial charge is 0.331 e. The Balaban J connectivity index is 1.38. The van der Waals surface area contributed by atoms with Gasteiger partial charge in [-0.25, -0.2) is 10.2 Å². The molecular formula is C18H22N4O3. The number of nitro benzene ring substituents is 1. The van der Waals surface area contributed by atoms with Crippen LogP contribution < -0.4 is 10.7 Å². The number of nitro groups is 1. The SMILES string of the molecule is O=C(N/N=C/c1ccccc1[N+](=O)[O-])NC12CC3CC(CC(C3)C1)C2. The van der Waals surface area contributed by atoms with Gasteiger partial charge < -0.3 is 5.32 Å². The van der Waals surface area contributed by atoms with Gasteiger partial charge in [-0.1, -0.05) is 12.1 Å². The van der Waals surface area contributed by atoms with E-state index in [1.54, 1.807) is 18.2 Å². The lowest BCUT2D eigenvalue weighted by atomic mass is 9.53. The van der Waals surface area contributed by atoms with E-state index >= 15 is 0 Å². The lowest BCUT2D eigenvalue weighted by Crippen LogP contribution is -2.61. The van der Waals surface area contributed by atoms with Gasteiger partial charge in [0, 0.05) is 11.6 Å². The lowest BCUT2D eigenvalue weighted by Gasteiger charge is -2.56. The Morgan fingerprint density at radius 1 is 1.16 bits per heavy atom. The van der Waals surface area contributed by atoms with Gasteiger partial charge in [0.15, 0.2) is 0 Å². The number of hydrogen-bond acceptors (Lipinski definition) is 4. The highest BCUT2D eigenvalue weighted by Gasteiger charge is 2.51. The second-order valence-corrected chi connectivity index (χ2v) is 7.84. The fraction of sp³-hybridized carbons (Fsp3) is 0.556. The van der Waals surface area contributed by atoms with Crippen molar-refractivity contribution in [2.45, 2.75) is 44.1 Å². The summed E-state index contributed by atoms with van der Waals surface area (Å²) < 4.78 is 0. The molecule has 4 aliphatic carbocycles. The molecule has 0 unspecified atom stereocenters. The maximum absolute atomic E-state index is 12.3. The molecule has 0 atom stereocenters. The third-order valence-electron chi connectivity index (χ3n) is 5.92. The number of carbonyl (C=O) groups is 1.